The lowest BCUT2D eigenvalue weighted by Gasteiger charge is -2.28. The van der Waals surface area contributed by atoms with Gasteiger partial charge in [-0.25, -0.2) is 27.5 Å². The zero-order valence-electron chi connectivity index (χ0n) is 19.2. The number of rotatable bonds is 5. The summed E-state index contributed by atoms with van der Waals surface area (Å²) < 4.78 is 88.7. The van der Waals surface area contributed by atoms with Crippen LogP contribution in [0.25, 0.3) is 11.3 Å². The second kappa shape index (κ2) is 9.14. The summed E-state index contributed by atoms with van der Waals surface area (Å²) in [7, 11) is -2.48. The summed E-state index contributed by atoms with van der Waals surface area (Å²) in [5, 5.41) is 4.10. The highest BCUT2D eigenvalue weighted by Gasteiger charge is 2.33. The maximum Gasteiger partial charge on any atom is 0.416 e. The van der Waals surface area contributed by atoms with Gasteiger partial charge in [-0.1, -0.05) is 12.1 Å². The third kappa shape index (κ3) is 4.86. The molecule has 192 valence electrons. The van der Waals surface area contributed by atoms with E-state index in [1.54, 1.807) is 19.2 Å². The molecule has 37 heavy (non-hydrogen) atoms. The van der Waals surface area contributed by atoms with E-state index < -0.39 is 27.6 Å². The Kier molecular flexibility index (Phi) is 6.10. The van der Waals surface area contributed by atoms with E-state index in [1.807, 2.05) is 0 Å². The van der Waals surface area contributed by atoms with E-state index in [0.29, 0.717) is 28.8 Å². The summed E-state index contributed by atoms with van der Waals surface area (Å²) in [6, 6.07) is 9.50. The summed E-state index contributed by atoms with van der Waals surface area (Å²) in [6.07, 6.45) is -0.891. The molecule has 13 heteroatoms. The van der Waals surface area contributed by atoms with Crippen molar-refractivity contribution in [2.24, 2.45) is 7.05 Å². The number of alkyl halides is 3. The summed E-state index contributed by atoms with van der Waals surface area (Å²) >= 11 is 0. The number of halogens is 4. The fourth-order valence-corrected chi connectivity index (χ4v) is 5.27. The molecule has 1 aliphatic rings. The van der Waals surface area contributed by atoms with Crippen LogP contribution < -0.4 is 9.46 Å². The average Bonchev–Trinajstić information content (AvgIpc) is 3.29. The van der Waals surface area contributed by atoms with Crippen LogP contribution in [0.4, 0.5) is 23.5 Å². The second-order valence-corrected chi connectivity index (χ2v) is 10.0. The Morgan fingerprint density at radius 3 is 2.46 bits per heavy atom. The molecular formula is C24H19F4N5O3S. The van der Waals surface area contributed by atoms with Crippen molar-refractivity contribution in [3.8, 4) is 17.0 Å². The summed E-state index contributed by atoms with van der Waals surface area (Å²) in [5.74, 6) is -1.09. The number of anilines is 1. The molecule has 1 unspecified atom stereocenters. The maximum atomic E-state index is 13.5. The Labute approximate surface area is 209 Å². The van der Waals surface area contributed by atoms with Crippen LogP contribution >= 0.6 is 0 Å². The van der Waals surface area contributed by atoms with E-state index >= 15 is 0 Å². The third-order valence-corrected chi connectivity index (χ3v) is 7.36. The molecular weight excluding hydrogens is 514 g/mol. The zero-order chi connectivity index (χ0) is 26.4. The molecule has 2 aromatic carbocycles. The van der Waals surface area contributed by atoms with Crippen LogP contribution in [0.15, 0.2) is 66.0 Å². The number of aromatic nitrogens is 4. The molecule has 0 saturated heterocycles. The topological polar surface area (TPSA) is 99.0 Å². The fourth-order valence-electron chi connectivity index (χ4n) is 4.30. The van der Waals surface area contributed by atoms with Gasteiger partial charge in [0.2, 0.25) is 5.95 Å². The van der Waals surface area contributed by atoms with Gasteiger partial charge in [-0.2, -0.15) is 18.3 Å². The molecule has 3 heterocycles. The van der Waals surface area contributed by atoms with E-state index in [-0.39, 0.29) is 29.1 Å². The van der Waals surface area contributed by atoms with Gasteiger partial charge in [-0.3, -0.25) is 4.68 Å². The minimum atomic E-state index is -4.52. The van der Waals surface area contributed by atoms with Crippen LogP contribution in [0.1, 0.15) is 29.0 Å². The number of nitrogens with zero attached hydrogens (tertiary/aromatic N) is 4. The predicted octanol–water partition coefficient (Wildman–Crippen LogP) is 4.75. The van der Waals surface area contributed by atoms with Crippen molar-refractivity contribution < 1.29 is 30.7 Å². The summed E-state index contributed by atoms with van der Waals surface area (Å²) in [5.41, 5.74) is 1.37. The molecule has 1 N–H and O–H groups in total. The third-order valence-electron chi connectivity index (χ3n) is 6.03. The molecule has 5 rings (SSSR count). The first kappa shape index (κ1) is 24.7. The maximum absolute atomic E-state index is 13.5. The van der Waals surface area contributed by atoms with Gasteiger partial charge in [0.15, 0.2) is 5.82 Å². The molecule has 1 aliphatic heterocycles. The van der Waals surface area contributed by atoms with E-state index in [0.717, 1.165) is 24.5 Å². The molecule has 0 saturated carbocycles. The SMILES string of the molecule is Cn1nccc1-c1cc(C(F)(F)F)ccc1C1CCOc2cc(S(=O)(=O)Nc3ncc(F)cn3)ccc21. The number of hydrogen-bond acceptors (Lipinski definition) is 6. The van der Waals surface area contributed by atoms with E-state index in [9.17, 15) is 26.0 Å². The molecule has 0 spiro atoms. The Bertz CT molecular complexity index is 1570. The van der Waals surface area contributed by atoms with Crippen molar-refractivity contribution in [1.29, 1.82) is 0 Å². The van der Waals surface area contributed by atoms with Gasteiger partial charge in [-0.05, 0) is 36.2 Å². The standard InChI is InChI=1S/C24H19F4N5O3S/c1-33-21(6-8-31-33)20-10-14(24(26,27)28)2-4-17(20)18-7-9-36-22-11-16(3-5-19(18)22)37(34,35)32-23-29-12-15(25)13-30-23/h2-6,8,10-13,18H,7,9H2,1H3,(H,29,30,32). The Balaban J connectivity index is 1.54. The molecule has 0 fully saturated rings. The van der Waals surface area contributed by atoms with Crippen LogP contribution in [-0.4, -0.2) is 34.8 Å². The van der Waals surface area contributed by atoms with Crippen molar-refractivity contribution in [2.75, 3.05) is 11.3 Å². The number of sulfonamides is 1. The first-order valence-corrected chi connectivity index (χ1v) is 12.5. The lowest BCUT2D eigenvalue weighted by atomic mass is 9.83. The van der Waals surface area contributed by atoms with Crippen LogP contribution in [0.3, 0.4) is 0 Å². The normalized spacial score (nSPS) is 15.6. The highest BCUT2D eigenvalue weighted by molar-refractivity contribution is 7.92. The number of ether oxygens (including phenoxy) is 1. The number of nitrogens with one attached hydrogen (secondary N) is 1. The fraction of sp³-hybridized carbons (Fsp3) is 0.208. The highest BCUT2D eigenvalue weighted by atomic mass is 32.2. The van der Waals surface area contributed by atoms with Gasteiger partial charge >= 0.3 is 6.18 Å². The summed E-state index contributed by atoms with van der Waals surface area (Å²) in [6.45, 7) is 0.224. The molecule has 0 bridgehead atoms. The van der Waals surface area contributed by atoms with Crippen LogP contribution in [0.2, 0.25) is 0 Å². The number of aryl methyl sites for hydroxylation is 1. The molecule has 8 nitrogen and oxygen atoms in total. The van der Waals surface area contributed by atoms with Gasteiger partial charge < -0.3 is 4.74 Å². The number of hydrogen-bond donors (Lipinski definition) is 1. The number of fused-ring (bicyclic) bond motifs is 1. The zero-order valence-corrected chi connectivity index (χ0v) is 20.0. The van der Waals surface area contributed by atoms with E-state index in [4.69, 9.17) is 4.74 Å². The minimum absolute atomic E-state index is 0.140. The lowest BCUT2D eigenvalue weighted by molar-refractivity contribution is -0.137. The minimum Gasteiger partial charge on any atom is -0.493 e. The predicted molar refractivity (Wildman–Crippen MR) is 125 cm³/mol. The Morgan fingerprint density at radius 1 is 1.05 bits per heavy atom. The molecule has 0 amide bonds. The van der Waals surface area contributed by atoms with Gasteiger partial charge in [0.05, 0.1) is 35.2 Å². The van der Waals surface area contributed by atoms with Crippen LogP contribution in [-0.2, 0) is 23.2 Å². The molecule has 1 atom stereocenters. The lowest BCUT2D eigenvalue weighted by Crippen LogP contribution is -2.19. The number of benzene rings is 2. The van der Waals surface area contributed by atoms with Crippen LogP contribution in [0, 0.1) is 5.82 Å². The largest absolute Gasteiger partial charge is 0.493 e. The van der Waals surface area contributed by atoms with Crippen molar-refractivity contribution in [3.63, 3.8) is 0 Å². The quantitative estimate of drug-likeness (QED) is 0.372. The smallest absolute Gasteiger partial charge is 0.416 e. The van der Waals surface area contributed by atoms with Gasteiger partial charge in [0, 0.05) is 36.4 Å². The molecule has 2 aromatic heterocycles. The van der Waals surface area contributed by atoms with Gasteiger partial charge in [0.1, 0.15) is 5.75 Å². The average molecular weight is 534 g/mol. The van der Waals surface area contributed by atoms with E-state index in [2.05, 4.69) is 19.8 Å². The highest BCUT2D eigenvalue weighted by Crippen LogP contribution is 2.44. The Morgan fingerprint density at radius 2 is 1.78 bits per heavy atom. The first-order valence-electron chi connectivity index (χ1n) is 11.0. The van der Waals surface area contributed by atoms with Gasteiger partial charge in [0.25, 0.3) is 10.0 Å². The molecule has 4 aromatic rings. The van der Waals surface area contributed by atoms with E-state index in [1.165, 1.54) is 29.1 Å². The van der Waals surface area contributed by atoms with Crippen molar-refractivity contribution in [2.45, 2.75) is 23.4 Å². The van der Waals surface area contributed by atoms with Crippen LogP contribution in [0.5, 0.6) is 5.75 Å². The second-order valence-electron chi connectivity index (χ2n) is 8.36. The van der Waals surface area contributed by atoms with Gasteiger partial charge in [-0.15, -0.1) is 0 Å². The molecule has 0 radical (unpaired) electrons. The van der Waals surface area contributed by atoms with Crippen molar-refractivity contribution in [1.82, 2.24) is 19.7 Å². The van der Waals surface area contributed by atoms with Crippen molar-refractivity contribution in [3.05, 3.63) is 83.6 Å². The van der Waals surface area contributed by atoms with Crippen molar-refractivity contribution >= 4 is 16.0 Å². The first-order chi connectivity index (χ1) is 17.5. The molecule has 0 aliphatic carbocycles. The monoisotopic (exact) mass is 533 g/mol. The Hall–Kier alpha value is -4.00. The summed E-state index contributed by atoms with van der Waals surface area (Å²) in [4.78, 5) is 7.06.